The Hall–Kier alpha value is -1.06. The summed E-state index contributed by atoms with van der Waals surface area (Å²) in [5.41, 5.74) is 0. The van der Waals surface area contributed by atoms with E-state index in [0.717, 1.165) is 25.7 Å². The third-order valence-corrected chi connectivity index (χ3v) is 4.17. The third kappa shape index (κ3) is 1.70. The number of methoxy groups -OCH3 is 2. The quantitative estimate of drug-likeness (QED) is 0.667. The van der Waals surface area contributed by atoms with Gasteiger partial charge in [0.25, 0.3) is 0 Å². The average Bonchev–Trinajstić information content (AvgIpc) is 2.37. The van der Waals surface area contributed by atoms with Gasteiger partial charge < -0.3 is 9.47 Å². The second kappa shape index (κ2) is 4.44. The first-order chi connectivity index (χ1) is 7.69. The van der Waals surface area contributed by atoms with Crippen molar-refractivity contribution < 1.29 is 19.1 Å². The van der Waals surface area contributed by atoms with Crippen LogP contribution in [0.5, 0.6) is 0 Å². The van der Waals surface area contributed by atoms with Gasteiger partial charge >= 0.3 is 11.9 Å². The van der Waals surface area contributed by atoms with Crippen LogP contribution in [0.2, 0.25) is 0 Å². The summed E-state index contributed by atoms with van der Waals surface area (Å²) < 4.78 is 9.64. The van der Waals surface area contributed by atoms with Crippen molar-refractivity contribution >= 4 is 11.9 Å². The van der Waals surface area contributed by atoms with Crippen LogP contribution >= 0.6 is 0 Å². The summed E-state index contributed by atoms with van der Waals surface area (Å²) in [6, 6.07) is 0. The molecule has 3 fully saturated rings. The number of ether oxygens (including phenoxy) is 2. The Balaban J connectivity index is 2.23. The van der Waals surface area contributed by atoms with Crippen LogP contribution in [0, 0.1) is 23.7 Å². The lowest BCUT2D eigenvalue weighted by atomic mass is 9.58. The lowest BCUT2D eigenvalue weighted by Crippen LogP contribution is -2.48. The molecule has 0 radical (unpaired) electrons. The van der Waals surface area contributed by atoms with Gasteiger partial charge in [0.05, 0.1) is 26.1 Å². The van der Waals surface area contributed by atoms with Gasteiger partial charge in [0.1, 0.15) is 0 Å². The molecule has 0 N–H and O–H groups in total. The summed E-state index contributed by atoms with van der Waals surface area (Å²) in [5, 5.41) is 0. The van der Waals surface area contributed by atoms with Crippen molar-refractivity contribution in [2.45, 2.75) is 25.7 Å². The molecule has 3 saturated carbocycles. The molecule has 3 aliphatic carbocycles. The zero-order valence-electron chi connectivity index (χ0n) is 9.77. The molecule has 3 rings (SSSR count). The fourth-order valence-corrected chi connectivity index (χ4v) is 3.40. The van der Waals surface area contributed by atoms with Crippen LogP contribution in [0.3, 0.4) is 0 Å². The van der Waals surface area contributed by atoms with E-state index in [-0.39, 0.29) is 23.8 Å². The molecule has 0 aliphatic heterocycles. The van der Waals surface area contributed by atoms with Crippen LogP contribution in [0.25, 0.3) is 0 Å². The molecular weight excluding hydrogens is 208 g/mol. The minimum absolute atomic E-state index is 0.246. The molecule has 4 heteroatoms. The molecule has 16 heavy (non-hydrogen) atoms. The van der Waals surface area contributed by atoms with Gasteiger partial charge in [0, 0.05) is 0 Å². The van der Waals surface area contributed by atoms with Gasteiger partial charge in [-0.3, -0.25) is 9.59 Å². The van der Waals surface area contributed by atoms with Crippen LogP contribution in [0.15, 0.2) is 0 Å². The van der Waals surface area contributed by atoms with Gasteiger partial charge in [0.15, 0.2) is 0 Å². The Kier molecular flexibility index (Phi) is 3.17. The summed E-state index contributed by atoms with van der Waals surface area (Å²) in [6.07, 6.45) is 4.16. The molecule has 0 heterocycles. The predicted octanol–water partition coefficient (Wildman–Crippen LogP) is 1.38. The van der Waals surface area contributed by atoms with Crippen LogP contribution < -0.4 is 0 Å². The minimum Gasteiger partial charge on any atom is -0.469 e. The smallest absolute Gasteiger partial charge is 0.309 e. The monoisotopic (exact) mass is 226 g/mol. The Labute approximate surface area is 95.3 Å². The lowest BCUT2D eigenvalue weighted by molar-refractivity contribution is -0.169. The zero-order valence-corrected chi connectivity index (χ0v) is 9.77. The third-order valence-electron chi connectivity index (χ3n) is 4.17. The maximum atomic E-state index is 11.8. The Morgan fingerprint density at radius 1 is 0.812 bits per heavy atom. The maximum Gasteiger partial charge on any atom is 0.309 e. The molecule has 0 aromatic carbocycles. The van der Waals surface area contributed by atoms with E-state index in [1.54, 1.807) is 0 Å². The van der Waals surface area contributed by atoms with Crippen LogP contribution in [-0.4, -0.2) is 26.2 Å². The van der Waals surface area contributed by atoms with E-state index in [0.29, 0.717) is 11.8 Å². The molecule has 0 aromatic heterocycles. The Morgan fingerprint density at radius 3 is 1.38 bits per heavy atom. The van der Waals surface area contributed by atoms with E-state index in [1.807, 2.05) is 0 Å². The summed E-state index contributed by atoms with van der Waals surface area (Å²) in [7, 11) is 2.78. The van der Waals surface area contributed by atoms with E-state index < -0.39 is 0 Å². The van der Waals surface area contributed by atoms with Crippen molar-refractivity contribution in [3.8, 4) is 0 Å². The summed E-state index contributed by atoms with van der Waals surface area (Å²) in [4.78, 5) is 23.5. The number of rotatable bonds is 2. The average molecular weight is 226 g/mol. The molecule has 4 nitrogen and oxygen atoms in total. The topological polar surface area (TPSA) is 52.6 Å². The number of carbonyl (C=O) groups is 2. The SMILES string of the molecule is COC(=O)[C@@H]1C2CCC(CC2)[C@H]1C(=O)OC. The number of esters is 2. The number of fused-ring (bicyclic) bond motifs is 3. The number of hydrogen-bond donors (Lipinski definition) is 0. The lowest BCUT2D eigenvalue weighted by Gasteiger charge is -2.45. The highest BCUT2D eigenvalue weighted by molar-refractivity contribution is 5.83. The molecule has 2 bridgehead atoms. The highest BCUT2D eigenvalue weighted by Crippen LogP contribution is 2.49. The van der Waals surface area contributed by atoms with Crippen molar-refractivity contribution in [2.24, 2.45) is 23.7 Å². The fourth-order valence-electron chi connectivity index (χ4n) is 3.40. The fraction of sp³-hybridized carbons (Fsp3) is 0.833. The van der Waals surface area contributed by atoms with Crippen molar-refractivity contribution in [2.75, 3.05) is 14.2 Å². The molecular formula is C12H18O4. The van der Waals surface area contributed by atoms with E-state index >= 15 is 0 Å². The first-order valence-corrected chi connectivity index (χ1v) is 5.84. The van der Waals surface area contributed by atoms with Crippen molar-refractivity contribution in [1.29, 1.82) is 0 Å². The standard InChI is InChI=1S/C12H18O4/c1-15-11(13)9-7-3-5-8(6-4-7)10(9)12(14)16-2/h7-10H,3-6H2,1-2H3/t7?,8?,9-,10-/m1/s1. The number of carbonyl (C=O) groups excluding carboxylic acids is 2. The maximum absolute atomic E-state index is 11.8. The van der Waals surface area contributed by atoms with Crippen molar-refractivity contribution in [3.63, 3.8) is 0 Å². The van der Waals surface area contributed by atoms with E-state index in [9.17, 15) is 9.59 Å². The molecule has 90 valence electrons. The van der Waals surface area contributed by atoms with Gasteiger partial charge in [-0.05, 0) is 37.5 Å². The van der Waals surface area contributed by atoms with E-state index in [4.69, 9.17) is 9.47 Å². The highest BCUT2D eigenvalue weighted by atomic mass is 16.5. The zero-order chi connectivity index (χ0) is 11.7. The first-order valence-electron chi connectivity index (χ1n) is 5.84. The van der Waals surface area contributed by atoms with Gasteiger partial charge in [-0.1, -0.05) is 0 Å². The largest absolute Gasteiger partial charge is 0.469 e. The van der Waals surface area contributed by atoms with E-state index in [1.165, 1.54) is 14.2 Å². The second-order valence-electron chi connectivity index (χ2n) is 4.77. The molecule has 0 amide bonds. The van der Waals surface area contributed by atoms with Gasteiger partial charge in [-0.25, -0.2) is 0 Å². The molecule has 3 aliphatic rings. The van der Waals surface area contributed by atoms with Gasteiger partial charge in [0.2, 0.25) is 0 Å². The van der Waals surface area contributed by atoms with Gasteiger partial charge in [-0.2, -0.15) is 0 Å². The molecule has 0 spiro atoms. The van der Waals surface area contributed by atoms with Crippen LogP contribution in [-0.2, 0) is 19.1 Å². The molecule has 0 unspecified atom stereocenters. The minimum atomic E-state index is -0.273. The molecule has 0 aromatic rings. The molecule has 0 saturated heterocycles. The van der Waals surface area contributed by atoms with Crippen molar-refractivity contribution in [3.05, 3.63) is 0 Å². The van der Waals surface area contributed by atoms with Crippen molar-refractivity contribution in [1.82, 2.24) is 0 Å². The van der Waals surface area contributed by atoms with Crippen LogP contribution in [0.4, 0.5) is 0 Å². The highest BCUT2D eigenvalue weighted by Gasteiger charge is 2.51. The van der Waals surface area contributed by atoms with Gasteiger partial charge in [-0.15, -0.1) is 0 Å². The molecule has 2 atom stereocenters. The first kappa shape index (κ1) is 11.4. The second-order valence-corrected chi connectivity index (χ2v) is 4.77. The van der Waals surface area contributed by atoms with E-state index in [2.05, 4.69) is 0 Å². The summed E-state index contributed by atoms with van der Waals surface area (Å²) in [5.74, 6) is -0.424. The Bertz CT molecular complexity index is 261. The normalized spacial score (nSPS) is 36.9. The number of hydrogen-bond acceptors (Lipinski definition) is 4. The Morgan fingerprint density at radius 2 is 1.12 bits per heavy atom. The summed E-state index contributed by atoms with van der Waals surface area (Å²) in [6.45, 7) is 0. The summed E-state index contributed by atoms with van der Waals surface area (Å²) >= 11 is 0. The van der Waals surface area contributed by atoms with Crippen LogP contribution in [0.1, 0.15) is 25.7 Å². The predicted molar refractivity (Wildman–Crippen MR) is 56.5 cm³/mol.